The number of imidazole rings is 1. The van der Waals surface area contributed by atoms with Crippen molar-refractivity contribution in [2.45, 2.75) is 31.6 Å². The average molecular weight is 425 g/mol. The first-order valence-electron chi connectivity index (χ1n) is 9.45. The summed E-state index contributed by atoms with van der Waals surface area (Å²) in [6.45, 7) is 1.96. The molecule has 0 saturated heterocycles. The highest BCUT2D eigenvalue weighted by Gasteiger charge is 2.48. The molecule has 152 valence electrons. The zero-order chi connectivity index (χ0) is 20.9. The van der Waals surface area contributed by atoms with Crippen molar-refractivity contribution in [2.75, 3.05) is 5.32 Å². The van der Waals surface area contributed by atoms with Crippen LogP contribution in [0.1, 0.15) is 35.9 Å². The van der Waals surface area contributed by atoms with E-state index in [1.165, 1.54) is 0 Å². The first-order valence-corrected chi connectivity index (χ1v) is 9.86. The molecule has 0 atom stereocenters. The molecule has 1 saturated carbocycles. The zero-order valence-corrected chi connectivity index (χ0v) is 16.8. The van der Waals surface area contributed by atoms with E-state index in [-0.39, 0.29) is 24.7 Å². The van der Waals surface area contributed by atoms with Crippen LogP contribution in [0.3, 0.4) is 0 Å². The third kappa shape index (κ3) is 3.35. The van der Waals surface area contributed by atoms with Gasteiger partial charge in [0.05, 0.1) is 6.20 Å². The monoisotopic (exact) mass is 425 g/mol. The van der Waals surface area contributed by atoms with Crippen LogP contribution in [0.2, 0.25) is 0 Å². The van der Waals surface area contributed by atoms with Gasteiger partial charge in [-0.15, -0.1) is 0 Å². The minimum absolute atomic E-state index is 0.247. The van der Waals surface area contributed by atoms with E-state index in [2.05, 4.69) is 20.4 Å². The number of pyridine rings is 1. The Bertz CT molecular complexity index is 1260. The van der Waals surface area contributed by atoms with Crippen molar-refractivity contribution in [3.63, 3.8) is 0 Å². The predicted molar refractivity (Wildman–Crippen MR) is 112 cm³/mol. The standard InChI is InChI=1S/C21H17F2N5OS/c1-12-5-6-13(18-26-19(29-27-18)14-9-21(22,23)10-14)8-15(12)25-20(30)16-11-24-17-4-2-3-7-28(16)17/h2-8,11,14H,9-10H2,1H3,(H,25,30). The lowest BCUT2D eigenvalue weighted by atomic mass is 9.81. The molecule has 0 aliphatic heterocycles. The number of hydrogen-bond acceptors (Lipinski definition) is 5. The van der Waals surface area contributed by atoms with Gasteiger partial charge in [-0.2, -0.15) is 4.98 Å². The molecule has 5 rings (SSSR count). The SMILES string of the molecule is Cc1ccc(-c2noc(C3CC(F)(F)C3)n2)cc1NC(=S)c1cnc2ccccn12. The van der Waals surface area contributed by atoms with E-state index in [1.807, 2.05) is 53.9 Å². The lowest BCUT2D eigenvalue weighted by Gasteiger charge is -2.31. The second kappa shape index (κ2) is 6.94. The summed E-state index contributed by atoms with van der Waals surface area (Å²) < 4.78 is 33.4. The smallest absolute Gasteiger partial charge is 0.249 e. The number of rotatable bonds is 4. The molecule has 4 aromatic rings. The van der Waals surface area contributed by atoms with Crippen LogP contribution in [-0.2, 0) is 0 Å². The summed E-state index contributed by atoms with van der Waals surface area (Å²) in [4.78, 5) is 9.21. The molecular weight excluding hydrogens is 408 g/mol. The van der Waals surface area contributed by atoms with Crippen LogP contribution >= 0.6 is 12.2 Å². The van der Waals surface area contributed by atoms with Gasteiger partial charge in [0, 0.05) is 36.2 Å². The molecule has 1 aliphatic rings. The molecular formula is C21H17F2N5OS. The van der Waals surface area contributed by atoms with Gasteiger partial charge in [-0.05, 0) is 30.7 Å². The number of aryl methyl sites for hydroxylation is 1. The first-order chi connectivity index (χ1) is 14.4. The van der Waals surface area contributed by atoms with Crippen molar-refractivity contribution in [3.8, 4) is 11.4 Å². The highest BCUT2D eigenvalue weighted by Crippen LogP contribution is 2.47. The highest BCUT2D eigenvalue weighted by atomic mass is 32.1. The fourth-order valence-corrected chi connectivity index (χ4v) is 3.80. The van der Waals surface area contributed by atoms with Gasteiger partial charge in [0.15, 0.2) is 0 Å². The van der Waals surface area contributed by atoms with Crippen LogP contribution in [0.5, 0.6) is 0 Å². The topological polar surface area (TPSA) is 68.2 Å². The van der Waals surface area contributed by atoms with E-state index in [4.69, 9.17) is 16.7 Å². The van der Waals surface area contributed by atoms with E-state index < -0.39 is 5.92 Å². The Balaban J connectivity index is 1.39. The Morgan fingerprint density at radius 3 is 2.90 bits per heavy atom. The molecule has 3 heterocycles. The van der Waals surface area contributed by atoms with Crippen molar-refractivity contribution >= 4 is 28.5 Å². The molecule has 3 aromatic heterocycles. The van der Waals surface area contributed by atoms with Gasteiger partial charge in [0.1, 0.15) is 16.3 Å². The summed E-state index contributed by atoms with van der Waals surface area (Å²) in [5.41, 5.74) is 4.08. The highest BCUT2D eigenvalue weighted by molar-refractivity contribution is 7.81. The second-order valence-corrected chi connectivity index (χ2v) is 7.88. The quantitative estimate of drug-likeness (QED) is 0.465. The number of anilines is 1. The Labute approximate surface area is 175 Å². The number of alkyl halides is 2. The van der Waals surface area contributed by atoms with E-state index >= 15 is 0 Å². The molecule has 0 spiro atoms. The molecule has 9 heteroatoms. The maximum absolute atomic E-state index is 13.1. The van der Waals surface area contributed by atoms with Crippen molar-refractivity contribution < 1.29 is 13.3 Å². The minimum Gasteiger partial charge on any atom is -0.345 e. The third-order valence-corrected chi connectivity index (χ3v) is 5.59. The largest absolute Gasteiger partial charge is 0.345 e. The lowest BCUT2D eigenvalue weighted by molar-refractivity contribution is -0.0925. The first kappa shape index (κ1) is 18.8. The van der Waals surface area contributed by atoms with Gasteiger partial charge in [-0.25, -0.2) is 13.8 Å². The van der Waals surface area contributed by atoms with Crippen LogP contribution in [0.25, 0.3) is 17.0 Å². The number of halogens is 2. The van der Waals surface area contributed by atoms with Gasteiger partial charge >= 0.3 is 0 Å². The van der Waals surface area contributed by atoms with Crippen molar-refractivity contribution in [1.29, 1.82) is 0 Å². The van der Waals surface area contributed by atoms with E-state index in [0.717, 1.165) is 22.6 Å². The molecule has 0 radical (unpaired) electrons. The van der Waals surface area contributed by atoms with Crippen LogP contribution in [0.4, 0.5) is 14.5 Å². The lowest BCUT2D eigenvalue weighted by Crippen LogP contribution is -2.33. The Morgan fingerprint density at radius 1 is 1.27 bits per heavy atom. The van der Waals surface area contributed by atoms with Gasteiger partial charge < -0.3 is 9.84 Å². The van der Waals surface area contributed by atoms with Gasteiger partial charge in [-0.3, -0.25) is 4.40 Å². The third-order valence-electron chi connectivity index (χ3n) is 5.27. The predicted octanol–water partition coefficient (Wildman–Crippen LogP) is 4.99. The zero-order valence-electron chi connectivity index (χ0n) is 16.0. The number of thiocarbonyl (C=S) groups is 1. The normalized spacial score (nSPS) is 15.8. The number of hydrogen-bond donors (Lipinski definition) is 1. The molecule has 30 heavy (non-hydrogen) atoms. The number of aromatic nitrogens is 4. The van der Waals surface area contributed by atoms with Gasteiger partial charge in [0.2, 0.25) is 17.6 Å². The molecule has 6 nitrogen and oxygen atoms in total. The number of nitrogens with zero attached hydrogens (tertiary/aromatic N) is 4. The molecule has 0 bridgehead atoms. The Kier molecular flexibility index (Phi) is 4.35. The van der Waals surface area contributed by atoms with Gasteiger partial charge in [0.25, 0.3) is 0 Å². The summed E-state index contributed by atoms with van der Waals surface area (Å²) in [6.07, 6.45) is 3.13. The fourth-order valence-electron chi connectivity index (χ4n) is 3.54. The Hall–Kier alpha value is -3.20. The molecule has 1 aromatic carbocycles. The van der Waals surface area contributed by atoms with E-state index in [9.17, 15) is 8.78 Å². The minimum atomic E-state index is -2.63. The number of nitrogens with one attached hydrogen (secondary N) is 1. The van der Waals surface area contributed by atoms with E-state index in [1.54, 1.807) is 6.20 Å². The maximum atomic E-state index is 13.1. The summed E-state index contributed by atoms with van der Waals surface area (Å²) in [6, 6.07) is 11.4. The molecule has 0 amide bonds. The summed E-state index contributed by atoms with van der Waals surface area (Å²) in [7, 11) is 0. The summed E-state index contributed by atoms with van der Waals surface area (Å²) in [5.74, 6) is -2.39. The van der Waals surface area contributed by atoms with Crippen molar-refractivity contribution in [1.82, 2.24) is 19.5 Å². The molecule has 1 N–H and O–H groups in total. The average Bonchev–Trinajstić information content (AvgIpc) is 3.35. The maximum Gasteiger partial charge on any atom is 0.249 e. The second-order valence-electron chi connectivity index (χ2n) is 7.47. The van der Waals surface area contributed by atoms with Crippen molar-refractivity contribution in [3.05, 3.63) is 65.9 Å². The van der Waals surface area contributed by atoms with Crippen molar-refractivity contribution in [2.24, 2.45) is 0 Å². The molecule has 0 unspecified atom stereocenters. The summed E-state index contributed by atoms with van der Waals surface area (Å²) >= 11 is 5.59. The summed E-state index contributed by atoms with van der Waals surface area (Å²) in [5, 5.41) is 7.23. The van der Waals surface area contributed by atoms with Gasteiger partial charge in [-0.1, -0.05) is 35.6 Å². The van der Waals surface area contributed by atoms with Crippen LogP contribution in [-0.4, -0.2) is 30.4 Å². The van der Waals surface area contributed by atoms with Crippen LogP contribution < -0.4 is 5.32 Å². The number of fused-ring (bicyclic) bond motifs is 1. The number of benzene rings is 1. The van der Waals surface area contributed by atoms with Crippen LogP contribution in [0.15, 0.2) is 53.3 Å². The van der Waals surface area contributed by atoms with Crippen LogP contribution in [0, 0.1) is 6.92 Å². The molecule has 1 aliphatic carbocycles. The molecule has 1 fully saturated rings. The Morgan fingerprint density at radius 2 is 2.10 bits per heavy atom. The van der Waals surface area contributed by atoms with E-state index in [0.29, 0.717) is 16.4 Å². The fraction of sp³-hybridized carbons (Fsp3) is 0.238.